The SMILES string of the molecule is Br.CCCCCCCCCCCCCC[n+]1ccccc1.N.[Br-]. The smallest absolute Gasteiger partial charge is 0.168 e. The molecule has 0 saturated heterocycles. The van der Waals surface area contributed by atoms with Gasteiger partial charge in [-0.3, -0.25) is 0 Å². The number of unbranched alkanes of at least 4 members (excludes halogenated alkanes) is 11. The summed E-state index contributed by atoms with van der Waals surface area (Å²) >= 11 is 0. The Kier molecular flexibility index (Phi) is 26.8. The number of halogens is 2. The molecule has 3 N–H and O–H groups in total. The molecule has 0 aliphatic heterocycles. The Bertz CT molecular complexity index is 307. The van der Waals surface area contributed by atoms with Crippen molar-refractivity contribution in [3.63, 3.8) is 0 Å². The van der Waals surface area contributed by atoms with Crippen molar-refractivity contribution in [3.8, 4) is 0 Å². The number of pyridine rings is 1. The minimum atomic E-state index is 0. The average molecular weight is 454 g/mol. The number of aryl methyl sites for hydroxylation is 1. The van der Waals surface area contributed by atoms with Crippen LogP contribution in [-0.2, 0) is 6.54 Å². The zero-order valence-corrected chi connectivity index (χ0v) is 18.3. The maximum absolute atomic E-state index is 2.29. The molecule has 0 unspecified atom stereocenters. The Morgan fingerprint density at radius 1 is 0.609 bits per heavy atom. The summed E-state index contributed by atoms with van der Waals surface area (Å²) in [6.45, 7) is 3.47. The maximum atomic E-state index is 2.29. The van der Waals surface area contributed by atoms with Gasteiger partial charge in [0.05, 0.1) is 0 Å². The summed E-state index contributed by atoms with van der Waals surface area (Å²) in [6, 6.07) is 6.31. The first-order chi connectivity index (χ1) is 9.93. The zero-order chi connectivity index (χ0) is 14.3. The van der Waals surface area contributed by atoms with Gasteiger partial charge >= 0.3 is 0 Å². The Hall–Kier alpha value is 0.0700. The maximum Gasteiger partial charge on any atom is 0.168 e. The lowest BCUT2D eigenvalue weighted by Gasteiger charge is -2.02. The van der Waals surface area contributed by atoms with Crippen molar-refractivity contribution in [3.05, 3.63) is 30.6 Å². The Balaban J connectivity index is -0.00000133. The number of nitrogens with zero attached hydrogens (tertiary/aromatic N) is 1. The van der Waals surface area contributed by atoms with Crippen molar-refractivity contribution < 1.29 is 21.5 Å². The van der Waals surface area contributed by atoms with Gasteiger partial charge in [-0.1, -0.05) is 77.2 Å². The van der Waals surface area contributed by atoms with Gasteiger partial charge in [0.2, 0.25) is 0 Å². The van der Waals surface area contributed by atoms with E-state index in [1.54, 1.807) is 0 Å². The van der Waals surface area contributed by atoms with Crippen LogP contribution in [0.3, 0.4) is 0 Å². The molecule has 0 aliphatic carbocycles. The second-order valence-corrected chi connectivity index (χ2v) is 6.00. The number of aromatic nitrogens is 1. The van der Waals surface area contributed by atoms with Gasteiger partial charge < -0.3 is 23.1 Å². The van der Waals surface area contributed by atoms with E-state index in [1.165, 1.54) is 83.6 Å². The Labute approximate surface area is 165 Å². The van der Waals surface area contributed by atoms with E-state index in [2.05, 4.69) is 42.1 Å². The first-order valence-electron chi connectivity index (χ1n) is 8.87. The van der Waals surface area contributed by atoms with Gasteiger partial charge in [-0.25, -0.2) is 4.57 Å². The van der Waals surface area contributed by atoms with E-state index in [1.807, 2.05) is 0 Å². The highest BCUT2D eigenvalue weighted by Crippen LogP contribution is 2.11. The fraction of sp³-hybridized carbons (Fsp3) is 0.737. The summed E-state index contributed by atoms with van der Waals surface area (Å²) in [5.41, 5.74) is 0. The van der Waals surface area contributed by atoms with E-state index in [0.29, 0.717) is 0 Å². The van der Waals surface area contributed by atoms with Crippen LogP contribution in [0.2, 0.25) is 0 Å². The van der Waals surface area contributed by atoms with E-state index in [-0.39, 0.29) is 40.1 Å². The molecule has 0 saturated carbocycles. The predicted octanol–water partition coefficient (Wildman–Crippen LogP) is 3.42. The molecule has 1 heterocycles. The van der Waals surface area contributed by atoms with Crippen LogP contribution >= 0.6 is 17.0 Å². The van der Waals surface area contributed by atoms with Gasteiger partial charge in [0.25, 0.3) is 0 Å². The van der Waals surface area contributed by atoms with Crippen molar-refractivity contribution in [2.45, 2.75) is 90.5 Å². The minimum Gasteiger partial charge on any atom is -1.00 e. The van der Waals surface area contributed by atoms with Crippen LogP contribution in [0.25, 0.3) is 0 Å². The van der Waals surface area contributed by atoms with E-state index in [0.717, 1.165) is 0 Å². The molecule has 0 aromatic carbocycles. The quantitative estimate of drug-likeness (QED) is 0.360. The molecular weight excluding hydrogens is 416 g/mol. The monoisotopic (exact) mass is 452 g/mol. The molecule has 0 radical (unpaired) electrons. The summed E-state index contributed by atoms with van der Waals surface area (Å²) in [4.78, 5) is 0. The van der Waals surface area contributed by atoms with Crippen LogP contribution in [0.15, 0.2) is 30.6 Å². The summed E-state index contributed by atoms with van der Waals surface area (Å²) in [6.07, 6.45) is 21.4. The third-order valence-electron chi connectivity index (χ3n) is 4.05. The van der Waals surface area contributed by atoms with Crippen LogP contribution < -0.4 is 27.7 Å². The first kappa shape index (κ1) is 27.9. The molecule has 138 valence electrons. The standard InChI is InChI=1S/C19H34N.2BrH.H3N/c1-2-3-4-5-6-7-8-9-10-11-12-14-17-20-18-15-13-16-19-20;;;/h13,15-16,18-19H,2-12,14,17H2,1H3;2*1H;1H3/q+1;;;/p-1. The van der Waals surface area contributed by atoms with Crippen molar-refractivity contribution >= 4 is 17.0 Å². The second kappa shape index (κ2) is 22.1. The topological polar surface area (TPSA) is 38.9 Å². The molecule has 1 aromatic rings. The minimum absolute atomic E-state index is 0. The van der Waals surface area contributed by atoms with E-state index in [4.69, 9.17) is 0 Å². The molecule has 0 fully saturated rings. The van der Waals surface area contributed by atoms with Gasteiger partial charge in [-0.05, 0) is 6.42 Å². The zero-order valence-electron chi connectivity index (χ0n) is 15.0. The fourth-order valence-corrected chi connectivity index (χ4v) is 2.72. The Morgan fingerprint density at radius 2 is 1.00 bits per heavy atom. The molecule has 2 nitrogen and oxygen atoms in total. The van der Waals surface area contributed by atoms with Crippen LogP contribution in [0, 0.1) is 0 Å². The van der Waals surface area contributed by atoms with E-state index in [9.17, 15) is 0 Å². The number of rotatable bonds is 13. The van der Waals surface area contributed by atoms with Crippen molar-refractivity contribution in [2.24, 2.45) is 0 Å². The highest BCUT2D eigenvalue weighted by atomic mass is 79.9. The highest BCUT2D eigenvalue weighted by molar-refractivity contribution is 8.93. The van der Waals surface area contributed by atoms with Gasteiger partial charge in [-0.2, -0.15) is 0 Å². The Morgan fingerprint density at radius 3 is 1.43 bits per heavy atom. The lowest BCUT2D eigenvalue weighted by atomic mass is 10.1. The summed E-state index contributed by atoms with van der Waals surface area (Å²) in [5, 5.41) is 0. The largest absolute Gasteiger partial charge is 1.00 e. The van der Waals surface area contributed by atoms with E-state index >= 15 is 0 Å². The van der Waals surface area contributed by atoms with E-state index < -0.39 is 0 Å². The summed E-state index contributed by atoms with van der Waals surface area (Å²) < 4.78 is 2.29. The summed E-state index contributed by atoms with van der Waals surface area (Å²) in [7, 11) is 0. The number of hydrogen-bond donors (Lipinski definition) is 1. The third kappa shape index (κ3) is 18.3. The van der Waals surface area contributed by atoms with Crippen LogP contribution in [0.4, 0.5) is 0 Å². The molecule has 23 heavy (non-hydrogen) atoms. The van der Waals surface area contributed by atoms with Gasteiger partial charge in [-0.15, -0.1) is 17.0 Å². The normalized spacial score (nSPS) is 9.43. The lowest BCUT2D eigenvalue weighted by Crippen LogP contribution is -3.00. The molecular formula is C19H38Br2N2. The molecule has 1 aromatic heterocycles. The predicted molar refractivity (Wildman–Crippen MR) is 103 cm³/mol. The average Bonchev–Trinajstić information content (AvgIpc) is 2.49. The third-order valence-corrected chi connectivity index (χ3v) is 4.05. The van der Waals surface area contributed by atoms with Gasteiger partial charge in [0.1, 0.15) is 6.54 Å². The van der Waals surface area contributed by atoms with Crippen LogP contribution in [0.5, 0.6) is 0 Å². The van der Waals surface area contributed by atoms with Gasteiger partial charge in [0, 0.05) is 18.6 Å². The number of hydrogen-bond acceptors (Lipinski definition) is 1. The van der Waals surface area contributed by atoms with Crippen molar-refractivity contribution in [2.75, 3.05) is 0 Å². The summed E-state index contributed by atoms with van der Waals surface area (Å²) in [5.74, 6) is 0. The highest BCUT2D eigenvalue weighted by Gasteiger charge is 1.97. The molecule has 0 spiro atoms. The van der Waals surface area contributed by atoms with Gasteiger partial charge in [0.15, 0.2) is 12.4 Å². The lowest BCUT2D eigenvalue weighted by molar-refractivity contribution is -0.697. The fourth-order valence-electron chi connectivity index (χ4n) is 2.72. The molecule has 4 heteroatoms. The molecule has 0 bridgehead atoms. The van der Waals surface area contributed by atoms with Crippen molar-refractivity contribution in [1.82, 2.24) is 6.15 Å². The molecule has 0 aliphatic rings. The van der Waals surface area contributed by atoms with Crippen LogP contribution in [-0.4, -0.2) is 0 Å². The van der Waals surface area contributed by atoms with Crippen LogP contribution in [0.1, 0.15) is 84.0 Å². The molecule has 1 rings (SSSR count). The second-order valence-electron chi connectivity index (χ2n) is 6.00. The molecule has 0 atom stereocenters. The van der Waals surface area contributed by atoms with Crippen molar-refractivity contribution in [1.29, 1.82) is 0 Å². The molecule has 0 amide bonds. The first-order valence-corrected chi connectivity index (χ1v) is 8.87.